The molecule has 2 rings (SSSR count). The molecule has 24 heavy (non-hydrogen) atoms. The first-order chi connectivity index (χ1) is 10.5. The summed E-state index contributed by atoms with van der Waals surface area (Å²) in [6.07, 6.45) is 1.23. The number of hydrogen-bond donors (Lipinski definition) is 2. The van der Waals surface area contributed by atoms with Gasteiger partial charge in [0, 0.05) is 56.4 Å². The van der Waals surface area contributed by atoms with E-state index in [-0.39, 0.29) is 45.7 Å². The SMILES string of the molecule is CC.CC.CC(C)(C)NCC(O)c1ccnc2ccccc12.[CH3-].[Y]. The number of rotatable bonds is 3. The van der Waals surface area contributed by atoms with Crippen LogP contribution >= 0.6 is 0 Å². The van der Waals surface area contributed by atoms with Crippen LogP contribution in [0.25, 0.3) is 10.9 Å². The van der Waals surface area contributed by atoms with Crippen molar-refractivity contribution in [1.82, 2.24) is 10.3 Å². The largest absolute Gasteiger partial charge is 0.387 e. The number of pyridine rings is 1. The van der Waals surface area contributed by atoms with Gasteiger partial charge < -0.3 is 17.8 Å². The van der Waals surface area contributed by atoms with E-state index in [1.807, 2.05) is 58.0 Å². The Labute approximate surface area is 174 Å². The second-order valence-electron chi connectivity index (χ2n) is 5.56. The van der Waals surface area contributed by atoms with Gasteiger partial charge in [-0.05, 0) is 38.5 Å². The predicted molar refractivity (Wildman–Crippen MR) is 104 cm³/mol. The quantitative estimate of drug-likeness (QED) is 0.690. The van der Waals surface area contributed by atoms with Gasteiger partial charge in [0.15, 0.2) is 0 Å². The first-order valence-electron chi connectivity index (χ1n) is 8.24. The predicted octanol–water partition coefficient (Wildman–Crippen LogP) is 5.16. The van der Waals surface area contributed by atoms with Gasteiger partial charge in [0.2, 0.25) is 0 Å². The van der Waals surface area contributed by atoms with Crippen molar-refractivity contribution in [1.29, 1.82) is 0 Å². The van der Waals surface area contributed by atoms with Gasteiger partial charge in [0.05, 0.1) is 11.6 Å². The van der Waals surface area contributed by atoms with Crippen molar-refractivity contribution in [3.8, 4) is 0 Å². The van der Waals surface area contributed by atoms with Gasteiger partial charge in [-0.3, -0.25) is 4.98 Å². The average Bonchev–Trinajstić information content (AvgIpc) is 2.55. The number of para-hydroxylation sites is 1. The van der Waals surface area contributed by atoms with Crippen molar-refractivity contribution in [3.05, 3.63) is 49.5 Å². The molecule has 1 aromatic heterocycles. The summed E-state index contributed by atoms with van der Waals surface area (Å²) in [4.78, 5) is 4.30. The van der Waals surface area contributed by atoms with E-state index in [2.05, 4.69) is 31.1 Å². The van der Waals surface area contributed by atoms with Crippen LogP contribution in [0.3, 0.4) is 0 Å². The van der Waals surface area contributed by atoms with Crippen LogP contribution in [-0.2, 0) is 32.7 Å². The molecule has 0 aliphatic heterocycles. The fraction of sp³-hybridized carbons (Fsp3) is 0.500. The number of aliphatic hydroxyl groups excluding tert-OH is 1. The van der Waals surface area contributed by atoms with E-state index >= 15 is 0 Å². The number of fused-ring (bicyclic) bond motifs is 1. The number of benzene rings is 1. The zero-order valence-corrected chi connectivity index (χ0v) is 19.6. The minimum Gasteiger partial charge on any atom is -0.387 e. The molecule has 1 radical (unpaired) electrons. The van der Waals surface area contributed by atoms with Gasteiger partial charge in [-0.1, -0.05) is 45.9 Å². The molecule has 1 unspecified atom stereocenters. The van der Waals surface area contributed by atoms with Crippen LogP contribution < -0.4 is 5.32 Å². The molecule has 3 nitrogen and oxygen atoms in total. The molecule has 2 aromatic rings. The molecule has 2 N–H and O–H groups in total. The van der Waals surface area contributed by atoms with E-state index < -0.39 is 6.10 Å². The van der Waals surface area contributed by atoms with Gasteiger partial charge >= 0.3 is 0 Å². The standard InChI is InChI=1S/C15H20N2O.2C2H6.CH3.Y/c1-15(2,3)17-10-14(18)12-8-9-16-13-7-5-4-6-11(12)13;2*1-2;;/h4-9,14,17-18H,10H2,1-3H3;2*1-2H3;1H3;/q;;;-1;. The number of β-amino-alcohol motifs (C(OH)–C–C–N with tert-alkyl or cyclic N) is 1. The van der Waals surface area contributed by atoms with E-state index in [1.54, 1.807) is 6.20 Å². The van der Waals surface area contributed by atoms with E-state index in [1.165, 1.54) is 0 Å². The molecule has 0 aliphatic carbocycles. The third kappa shape index (κ3) is 9.83. The third-order valence-electron chi connectivity index (χ3n) is 2.87. The molecule has 1 aromatic carbocycles. The summed E-state index contributed by atoms with van der Waals surface area (Å²) in [6.45, 7) is 14.8. The molecule has 0 aliphatic rings. The minimum absolute atomic E-state index is 0. The van der Waals surface area contributed by atoms with Crippen molar-refractivity contribution in [3.63, 3.8) is 0 Å². The summed E-state index contributed by atoms with van der Waals surface area (Å²) in [5, 5.41) is 14.6. The summed E-state index contributed by atoms with van der Waals surface area (Å²) in [5.41, 5.74) is 1.85. The van der Waals surface area contributed by atoms with Crippen molar-refractivity contribution in [2.45, 2.75) is 60.1 Å². The van der Waals surface area contributed by atoms with Gasteiger partial charge in [-0.25, -0.2) is 0 Å². The topological polar surface area (TPSA) is 45.1 Å². The Balaban J connectivity index is -0.000000684. The second kappa shape index (κ2) is 15.0. The Hall–Kier alpha value is -0.346. The molecule has 135 valence electrons. The van der Waals surface area contributed by atoms with Gasteiger partial charge in [0.1, 0.15) is 0 Å². The summed E-state index contributed by atoms with van der Waals surface area (Å²) in [5.74, 6) is 0. The summed E-state index contributed by atoms with van der Waals surface area (Å²) >= 11 is 0. The maximum Gasteiger partial charge on any atom is 0.0921 e. The zero-order chi connectivity index (χ0) is 17.2. The van der Waals surface area contributed by atoms with Crippen molar-refractivity contribution >= 4 is 10.9 Å². The smallest absolute Gasteiger partial charge is 0.0921 e. The fourth-order valence-corrected chi connectivity index (χ4v) is 1.92. The van der Waals surface area contributed by atoms with E-state index in [4.69, 9.17) is 0 Å². The molecular weight excluding hydrogens is 373 g/mol. The normalized spacial score (nSPS) is 10.8. The van der Waals surface area contributed by atoms with E-state index in [9.17, 15) is 5.11 Å². The summed E-state index contributed by atoms with van der Waals surface area (Å²) in [6, 6.07) is 9.77. The molecule has 0 saturated carbocycles. The number of aliphatic hydroxyl groups is 1. The zero-order valence-electron chi connectivity index (χ0n) is 16.7. The Morgan fingerprint density at radius 2 is 1.58 bits per heavy atom. The third-order valence-corrected chi connectivity index (χ3v) is 2.87. The van der Waals surface area contributed by atoms with Crippen LogP contribution in [0.15, 0.2) is 36.5 Å². The molecule has 4 heteroatoms. The van der Waals surface area contributed by atoms with Crippen LogP contribution in [0.5, 0.6) is 0 Å². The Bertz CT molecular complexity index is 533. The maximum absolute atomic E-state index is 10.3. The number of hydrogen-bond acceptors (Lipinski definition) is 3. The van der Waals surface area contributed by atoms with Crippen LogP contribution in [0.4, 0.5) is 0 Å². The van der Waals surface area contributed by atoms with Crippen molar-refractivity contribution < 1.29 is 37.8 Å². The van der Waals surface area contributed by atoms with Crippen LogP contribution in [0.1, 0.15) is 60.1 Å². The average molecular weight is 408 g/mol. The molecule has 1 atom stereocenters. The monoisotopic (exact) mass is 408 g/mol. The first kappa shape index (κ1) is 28.5. The van der Waals surface area contributed by atoms with Gasteiger partial charge in [0.25, 0.3) is 0 Å². The number of nitrogens with zero attached hydrogens (tertiary/aromatic N) is 1. The minimum atomic E-state index is -0.517. The fourth-order valence-electron chi connectivity index (χ4n) is 1.92. The molecular formula is C20H35N2OY-. The van der Waals surface area contributed by atoms with Crippen LogP contribution in [0.2, 0.25) is 0 Å². The molecule has 0 fully saturated rings. The Kier molecular flexibility index (Phi) is 17.7. The van der Waals surface area contributed by atoms with Crippen LogP contribution in [0, 0.1) is 7.43 Å². The molecule has 0 bridgehead atoms. The Morgan fingerprint density at radius 1 is 1.04 bits per heavy atom. The Morgan fingerprint density at radius 3 is 2.12 bits per heavy atom. The van der Waals surface area contributed by atoms with Gasteiger partial charge in [-0.2, -0.15) is 0 Å². The van der Waals surface area contributed by atoms with Crippen LogP contribution in [-0.4, -0.2) is 22.2 Å². The second-order valence-corrected chi connectivity index (χ2v) is 5.56. The molecule has 1 heterocycles. The summed E-state index contributed by atoms with van der Waals surface area (Å²) in [7, 11) is 0. The number of aromatic nitrogens is 1. The van der Waals surface area contributed by atoms with E-state index in [0.29, 0.717) is 6.54 Å². The first-order valence-corrected chi connectivity index (χ1v) is 8.24. The van der Waals surface area contributed by atoms with Crippen molar-refractivity contribution in [2.75, 3.05) is 6.54 Å². The number of nitrogens with one attached hydrogen (secondary N) is 1. The molecule has 0 spiro atoms. The maximum atomic E-state index is 10.3. The van der Waals surface area contributed by atoms with Crippen molar-refractivity contribution in [2.24, 2.45) is 0 Å². The van der Waals surface area contributed by atoms with E-state index in [0.717, 1.165) is 16.5 Å². The summed E-state index contributed by atoms with van der Waals surface area (Å²) < 4.78 is 0. The van der Waals surface area contributed by atoms with Gasteiger partial charge in [-0.15, -0.1) is 0 Å². The molecule has 0 saturated heterocycles. The molecule has 0 amide bonds.